The van der Waals surface area contributed by atoms with Crippen molar-refractivity contribution in [2.24, 2.45) is 0 Å². The van der Waals surface area contributed by atoms with E-state index in [1.54, 1.807) is 6.92 Å². The second-order valence-electron chi connectivity index (χ2n) is 4.10. The fraction of sp³-hybridized carbons (Fsp3) is 0.900. The highest BCUT2D eigenvalue weighted by atomic mass is 16.2. The molecule has 2 aliphatic rings. The van der Waals surface area contributed by atoms with Crippen molar-refractivity contribution in [3.63, 3.8) is 0 Å². The Bertz CT molecular complexity index is 168. The van der Waals surface area contributed by atoms with Crippen LogP contribution in [0.5, 0.6) is 0 Å². The maximum Gasteiger partial charge on any atom is 0.219 e. The first-order valence-electron chi connectivity index (χ1n) is 5.08. The van der Waals surface area contributed by atoms with E-state index < -0.39 is 0 Å². The Morgan fingerprint density at radius 2 is 1.50 bits per heavy atom. The van der Waals surface area contributed by atoms with Gasteiger partial charge < -0.3 is 4.90 Å². The Labute approximate surface area is 73.9 Å². The first-order chi connectivity index (χ1) is 5.79. The average molecular weight is 167 g/mol. The highest BCUT2D eigenvalue weighted by molar-refractivity contribution is 5.74. The van der Waals surface area contributed by atoms with Gasteiger partial charge in [0.2, 0.25) is 5.91 Å². The van der Waals surface area contributed by atoms with E-state index in [0.29, 0.717) is 18.0 Å². The molecule has 0 radical (unpaired) electrons. The highest BCUT2D eigenvalue weighted by Gasteiger charge is 2.34. The standard InChI is InChI=1S/C10H17NO/c1-8(12)11-9-4-2-5-10(11)7-3-6-9/h9-10H,2-7H2,1H3. The molecule has 68 valence electrons. The molecular formula is C10H17NO. The van der Waals surface area contributed by atoms with E-state index in [-0.39, 0.29) is 0 Å². The number of carbonyl (C=O) groups excluding carboxylic acids is 1. The number of piperidine rings is 2. The van der Waals surface area contributed by atoms with E-state index >= 15 is 0 Å². The summed E-state index contributed by atoms with van der Waals surface area (Å²) in [6.07, 6.45) is 7.65. The highest BCUT2D eigenvalue weighted by Crippen LogP contribution is 2.33. The first kappa shape index (κ1) is 8.09. The number of hydrogen-bond donors (Lipinski definition) is 0. The lowest BCUT2D eigenvalue weighted by Gasteiger charge is -2.45. The minimum Gasteiger partial charge on any atom is -0.337 e. The minimum absolute atomic E-state index is 0.296. The maximum atomic E-state index is 11.3. The predicted molar refractivity (Wildman–Crippen MR) is 47.8 cm³/mol. The molecule has 2 nitrogen and oxygen atoms in total. The van der Waals surface area contributed by atoms with E-state index in [1.165, 1.54) is 38.5 Å². The quantitative estimate of drug-likeness (QED) is 0.540. The van der Waals surface area contributed by atoms with Gasteiger partial charge in [0.15, 0.2) is 0 Å². The summed E-state index contributed by atoms with van der Waals surface area (Å²) in [6.45, 7) is 1.72. The van der Waals surface area contributed by atoms with Crippen molar-refractivity contribution in [1.29, 1.82) is 0 Å². The second-order valence-corrected chi connectivity index (χ2v) is 4.10. The van der Waals surface area contributed by atoms with Crippen LogP contribution in [-0.2, 0) is 4.79 Å². The average Bonchev–Trinajstić information content (AvgIpc) is 2.02. The van der Waals surface area contributed by atoms with Gasteiger partial charge in [-0.15, -0.1) is 0 Å². The molecule has 1 amide bonds. The lowest BCUT2D eigenvalue weighted by molar-refractivity contribution is -0.138. The van der Waals surface area contributed by atoms with E-state index in [2.05, 4.69) is 4.90 Å². The zero-order valence-corrected chi connectivity index (χ0v) is 7.75. The molecule has 0 aromatic rings. The van der Waals surface area contributed by atoms with Gasteiger partial charge in [-0.3, -0.25) is 4.79 Å². The van der Waals surface area contributed by atoms with Gasteiger partial charge in [0.1, 0.15) is 0 Å². The molecule has 12 heavy (non-hydrogen) atoms. The third kappa shape index (κ3) is 1.23. The molecule has 0 unspecified atom stereocenters. The molecule has 0 aromatic heterocycles. The molecule has 0 atom stereocenters. The Morgan fingerprint density at radius 3 is 1.75 bits per heavy atom. The fourth-order valence-corrected chi connectivity index (χ4v) is 2.84. The molecule has 2 aliphatic heterocycles. The summed E-state index contributed by atoms with van der Waals surface area (Å²) in [4.78, 5) is 13.5. The van der Waals surface area contributed by atoms with E-state index in [0.717, 1.165) is 0 Å². The molecule has 0 aliphatic carbocycles. The summed E-state index contributed by atoms with van der Waals surface area (Å²) in [5.74, 6) is 0.296. The largest absolute Gasteiger partial charge is 0.337 e. The van der Waals surface area contributed by atoms with Crippen molar-refractivity contribution in [3.8, 4) is 0 Å². The van der Waals surface area contributed by atoms with Gasteiger partial charge in [-0.1, -0.05) is 0 Å². The number of rotatable bonds is 0. The Morgan fingerprint density at radius 1 is 1.08 bits per heavy atom. The Hall–Kier alpha value is -0.530. The van der Waals surface area contributed by atoms with E-state index in [4.69, 9.17) is 0 Å². The molecule has 2 saturated heterocycles. The van der Waals surface area contributed by atoms with Gasteiger partial charge in [-0.2, -0.15) is 0 Å². The molecule has 0 spiro atoms. The normalized spacial score (nSPS) is 34.9. The zero-order valence-electron chi connectivity index (χ0n) is 7.75. The molecule has 2 heterocycles. The summed E-state index contributed by atoms with van der Waals surface area (Å²) >= 11 is 0. The van der Waals surface area contributed by atoms with Crippen LogP contribution >= 0.6 is 0 Å². The lowest BCUT2D eigenvalue weighted by Crippen LogP contribution is -2.51. The van der Waals surface area contributed by atoms with Crippen LogP contribution in [0.2, 0.25) is 0 Å². The van der Waals surface area contributed by atoms with Crippen LogP contribution < -0.4 is 0 Å². The molecule has 0 aromatic carbocycles. The van der Waals surface area contributed by atoms with Crippen LogP contribution in [0.1, 0.15) is 45.4 Å². The predicted octanol–water partition coefficient (Wildman–Crippen LogP) is 1.94. The third-order valence-electron chi connectivity index (χ3n) is 3.30. The van der Waals surface area contributed by atoms with Crippen LogP contribution in [0.15, 0.2) is 0 Å². The van der Waals surface area contributed by atoms with Crippen molar-refractivity contribution in [2.75, 3.05) is 0 Å². The fourth-order valence-electron chi connectivity index (χ4n) is 2.84. The maximum absolute atomic E-state index is 11.3. The number of nitrogens with zero attached hydrogens (tertiary/aromatic N) is 1. The molecule has 0 N–H and O–H groups in total. The summed E-state index contributed by atoms with van der Waals surface area (Å²) in [5.41, 5.74) is 0. The number of carbonyl (C=O) groups is 1. The van der Waals surface area contributed by atoms with Crippen molar-refractivity contribution in [1.82, 2.24) is 4.90 Å². The third-order valence-corrected chi connectivity index (χ3v) is 3.30. The minimum atomic E-state index is 0.296. The van der Waals surface area contributed by atoms with Gasteiger partial charge in [-0.05, 0) is 38.5 Å². The topological polar surface area (TPSA) is 20.3 Å². The van der Waals surface area contributed by atoms with Crippen molar-refractivity contribution >= 4 is 5.91 Å². The SMILES string of the molecule is CC(=O)N1C2CCCC1CCC2. The molecule has 2 rings (SSSR count). The molecule has 2 bridgehead atoms. The van der Waals surface area contributed by atoms with Crippen molar-refractivity contribution < 1.29 is 4.79 Å². The molecular weight excluding hydrogens is 150 g/mol. The molecule has 0 saturated carbocycles. The van der Waals surface area contributed by atoms with Crippen LogP contribution in [-0.4, -0.2) is 22.9 Å². The van der Waals surface area contributed by atoms with E-state index in [9.17, 15) is 4.79 Å². The Balaban J connectivity index is 2.13. The van der Waals surface area contributed by atoms with Gasteiger partial charge >= 0.3 is 0 Å². The van der Waals surface area contributed by atoms with Crippen LogP contribution in [0.25, 0.3) is 0 Å². The molecule has 2 heteroatoms. The lowest BCUT2D eigenvalue weighted by atomic mass is 9.84. The van der Waals surface area contributed by atoms with Crippen molar-refractivity contribution in [2.45, 2.75) is 57.5 Å². The zero-order chi connectivity index (χ0) is 8.55. The van der Waals surface area contributed by atoms with Crippen LogP contribution in [0, 0.1) is 0 Å². The van der Waals surface area contributed by atoms with Gasteiger partial charge in [-0.25, -0.2) is 0 Å². The summed E-state index contributed by atoms with van der Waals surface area (Å²) in [6, 6.07) is 1.19. The number of amides is 1. The van der Waals surface area contributed by atoms with Crippen LogP contribution in [0.3, 0.4) is 0 Å². The number of hydrogen-bond acceptors (Lipinski definition) is 1. The van der Waals surface area contributed by atoms with E-state index in [1.807, 2.05) is 0 Å². The summed E-state index contributed by atoms with van der Waals surface area (Å²) < 4.78 is 0. The first-order valence-corrected chi connectivity index (χ1v) is 5.08. The van der Waals surface area contributed by atoms with Crippen molar-refractivity contribution in [3.05, 3.63) is 0 Å². The Kier molecular flexibility index (Phi) is 2.07. The number of fused-ring (bicyclic) bond motifs is 2. The van der Waals surface area contributed by atoms with Crippen LogP contribution in [0.4, 0.5) is 0 Å². The molecule has 2 fully saturated rings. The van der Waals surface area contributed by atoms with Gasteiger partial charge in [0.25, 0.3) is 0 Å². The van der Waals surface area contributed by atoms with Gasteiger partial charge in [0.05, 0.1) is 0 Å². The second kappa shape index (κ2) is 3.08. The monoisotopic (exact) mass is 167 g/mol. The smallest absolute Gasteiger partial charge is 0.219 e. The summed E-state index contributed by atoms with van der Waals surface area (Å²) in [7, 11) is 0. The van der Waals surface area contributed by atoms with Gasteiger partial charge in [0, 0.05) is 19.0 Å². The summed E-state index contributed by atoms with van der Waals surface area (Å²) in [5, 5.41) is 0.